The highest BCUT2D eigenvalue weighted by Gasteiger charge is 2.17. The molecule has 0 saturated carbocycles. The van der Waals surface area contributed by atoms with E-state index in [-0.39, 0.29) is 11.9 Å². The predicted octanol–water partition coefficient (Wildman–Crippen LogP) is 6.52. The van der Waals surface area contributed by atoms with E-state index in [2.05, 4.69) is 31.3 Å². The highest BCUT2D eigenvalue weighted by atomic mass is 16.5. The second kappa shape index (κ2) is 9.23. The molecule has 0 aliphatic rings. The van der Waals surface area contributed by atoms with Crippen LogP contribution >= 0.6 is 0 Å². The molecular weight excluding hydrogens is 396 g/mol. The van der Waals surface area contributed by atoms with Crippen molar-refractivity contribution in [2.75, 3.05) is 7.11 Å². The second-order valence-corrected chi connectivity index (χ2v) is 8.32. The fraction of sp³-hybridized carbons (Fsp3) is 0.214. The van der Waals surface area contributed by atoms with Crippen molar-refractivity contribution in [3.05, 3.63) is 95.6 Å². The number of rotatable bonds is 6. The molecule has 1 amide bonds. The number of nitrogens with one attached hydrogen (secondary N) is 1. The van der Waals surface area contributed by atoms with Gasteiger partial charge in [-0.15, -0.1) is 0 Å². The van der Waals surface area contributed by atoms with Crippen LogP contribution in [0, 0.1) is 0 Å². The second-order valence-electron chi connectivity index (χ2n) is 8.32. The van der Waals surface area contributed by atoms with Crippen LogP contribution in [0.5, 0.6) is 5.75 Å². The van der Waals surface area contributed by atoms with E-state index in [9.17, 15) is 4.79 Å². The van der Waals surface area contributed by atoms with E-state index in [0.717, 1.165) is 33.5 Å². The molecule has 1 atom stereocenters. The molecule has 32 heavy (non-hydrogen) atoms. The summed E-state index contributed by atoms with van der Waals surface area (Å²) < 4.78 is 5.27. The third-order valence-electron chi connectivity index (χ3n) is 5.78. The van der Waals surface area contributed by atoms with Crippen molar-refractivity contribution >= 4 is 16.8 Å². The van der Waals surface area contributed by atoms with E-state index in [1.54, 1.807) is 7.11 Å². The summed E-state index contributed by atoms with van der Waals surface area (Å²) in [4.78, 5) is 18.3. The number of pyridine rings is 1. The summed E-state index contributed by atoms with van der Waals surface area (Å²) in [6.07, 6.45) is 0. The number of aromatic nitrogens is 1. The first-order chi connectivity index (χ1) is 15.5. The van der Waals surface area contributed by atoms with Crippen LogP contribution in [0.15, 0.2) is 78.9 Å². The fourth-order valence-electron chi connectivity index (χ4n) is 3.80. The molecule has 0 saturated heterocycles. The number of ether oxygens (including phenoxy) is 1. The Bertz CT molecular complexity index is 1230. The van der Waals surface area contributed by atoms with Gasteiger partial charge in [-0.25, -0.2) is 4.98 Å². The molecule has 0 aliphatic heterocycles. The highest BCUT2D eigenvalue weighted by Crippen LogP contribution is 2.29. The molecule has 1 unspecified atom stereocenters. The van der Waals surface area contributed by atoms with Gasteiger partial charge in [0.15, 0.2) is 0 Å². The molecule has 4 aromatic rings. The van der Waals surface area contributed by atoms with E-state index >= 15 is 0 Å². The maximum absolute atomic E-state index is 13.4. The number of fused-ring (bicyclic) bond motifs is 1. The van der Waals surface area contributed by atoms with Crippen LogP contribution in [0.25, 0.3) is 22.2 Å². The summed E-state index contributed by atoms with van der Waals surface area (Å²) in [7, 11) is 1.64. The van der Waals surface area contributed by atoms with Crippen molar-refractivity contribution in [2.24, 2.45) is 0 Å². The number of benzene rings is 3. The Kier molecular flexibility index (Phi) is 6.22. The smallest absolute Gasteiger partial charge is 0.252 e. The molecule has 1 aromatic heterocycles. The number of methoxy groups -OCH3 is 1. The topological polar surface area (TPSA) is 51.2 Å². The van der Waals surface area contributed by atoms with Crippen LogP contribution in [0.2, 0.25) is 0 Å². The summed E-state index contributed by atoms with van der Waals surface area (Å²) in [5.74, 6) is 1.04. The number of amides is 1. The zero-order valence-electron chi connectivity index (χ0n) is 18.9. The van der Waals surface area contributed by atoms with Gasteiger partial charge in [0.1, 0.15) is 5.75 Å². The maximum Gasteiger partial charge on any atom is 0.252 e. The minimum absolute atomic E-state index is 0.107. The number of carbonyl (C=O) groups excluding carboxylic acids is 1. The Morgan fingerprint density at radius 1 is 0.875 bits per heavy atom. The molecule has 0 bridgehead atoms. The van der Waals surface area contributed by atoms with Crippen LogP contribution in [-0.4, -0.2) is 18.0 Å². The van der Waals surface area contributed by atoms with Gasteiger partial charge < -0.3 is 10.1 Å². The monoisotopic (exact) mass is 424 g/mol. The fourth-order valence-corrected chi connectivity index (χ4v) is 3.80. The van der Waals surface area contributed by atoms with Crippen molar-refractivity contribution in [2.45, 2.75) is 32.7 Å². The Balaban J connectivity index is 1.79. The van der Waals surface area contributed by atoms with Gasteiger partial charge in [-0.05, 0) is 66.4 Å². The van der Waals surface area contributed by atoms with Crippen molar-refractivity contribution in [3.63, 3.8) is 0 Å². The standard InChI is InChI=1S/C28H28N2O2/c1-18(2)22-12-15-26-24(16-22)25(28(31)29-19(3)20-8-6-5-7-9-20)17-27(30-26)21-10-13-23(32-4)14-11-21/h5-19H,1-4H3,(H,29,31). The minimum Gasteiger partial charge on any atom is -0.497 e. The molecule has 4 rings (SSSR count). The molecule has 1 N–H and O–H groups in total. The summed E-state index contributed by atoms with van der Waals surface area (Å²) in [5.41, 5.74) is 5.38. The first-order valence-electron chi connectivity index (χ1n) is 10.9. The molecule has 0 spiro atoms. The average Bonchev–Trinajstić information content (AvgIpc) is 2.83. The van der Waals surface area contributed by atoms with E-state index in [0.29, 0.717) is 11.5 Å². The molecule has 1 heterocycles. The predicted molar refractivity (Wildman–Crippen MR) is 130 cm³/mol. The van der Waals surface area contributed by atoms with Gasteiger partial charge in [0.25, 0.3) is 5.91 Å². The van der Waals surface area contributed by atoms with Crippen LogP contribution in [0.1, 0.15) is 54.2 Å². The van der Waals surface area contributed by atoms with Crippen LogP contribution in [-0.2, 0) is 0 Å². The lowest BCUT2D eigenvalue weighted by atomic mass is 9.97. The van der Waals surface area contributed by atoms with Gasteiger partial charge in [0.2, 0.25) is 0 Å². The lowest BCUT2D eigenvalue weighted by Crippen LogP contribution is -2.27. The number of hydrogen-bond acceptors (Lipinski definition) is 3. The van der Waals surface area contributed by atoms with Crippen LogP contribution < -0.4 is 10.1 Å². The first-order valence-corrected chi connectivity index (χ1v) is 10.9. The molecule has 162 valence electrons. The Hall–Kier alpha value is -3.66. The highest BCUT2D eigenvalue weighted by molar-refractivity contribution is 6.07. The van der Waals surface area contributed by atoms with E-state index in [1.807, 2.05) is 73.7 Å². The zero-order chi connectivity index (χ0) is 22.7. The third kappa shape index (κ3) is 4.50. The van der Waals surface area contributed by atoms with E-state index in [1.165, 1.54) is 5.56 Å². The van der Waals surface area contributed by atoms with Gasteiger partial charge >= 0.3 is 0 Å². The maximum atomic E-state index is 13.4. The molecular formula is C28H28N2O2. The summed E-state index contributed by atoms with van der Waals surface area (Å²) in [6, 6.07) is 25.7. The van der Waals surface area contributed by atoms with Gasteiger partial charge in [0, 0.05) is 10.9 Å². The van der Waals surface area contributed by atoms with Gasteiger partial charge in [0.05, 0.1) is 29.9 Å². The van der Waals surface area contributed by atoms with Gasteiger partial charge in [-0.1, -0.05) is 50.2 Å². The number of nitrogens with zero attached hydrogens (tertiary/aromatic N) is 1. The largest absolute Gasteiger partial charge is 0.497 e. The number of carbonyl (C=O) groups is 1. The molecule has 0 fully saturated rings. The minimum atomic E-state index is -0.107. The lowest BCUT2D eigenvalue weighted by molar-refractivity contribution is 0.0941. The molecule has 0 radical (unpaired) electrons. The summed E-state index contributed by atoms with van der Waals surface area (Å²) in [5, 5.41) is 4.03. The van der Waals surface area contributed by atoms with Crippen molar-refractivity contribution in [1.29, 1.82) is 0 Å². The van der Waals surface area contributed by atoms with Gasteiger partial charge in [-0.3, -0.25) is 4.79 Å². The SMILES string of the molecule is COc1ccc(-c2cc(C(=O)NC(C)c3ccccc3)c3cc(C(C)C)ccc3n2)cc1. The summed E-state index contributed by atoms with van der Waals surface area (Å²) in [6.45, 7) is 6.30. The normalized spacial score (nSPS) is 12.0. The number of hydrogen-bond donors (Lipinski definition) is 1. The van der Waals surface area contributed by atoms with Crippen LogP contribution in [0.4, 0.5) is 0 Å². The Morgan fingerprint density at radius 2 is 1.59 bits per heavy atom. The zero-order valence-corrected chi connectivity index (χ0v) is 18.9. The molecule has 4 nitrogen and oxygen atoms in total. The molecule has 0 aliphatic carbocycles. The van der Waals surface area contributed by atoms with Crippen molar-refractivity contribution in [3.8, 4) is 17.0 Å². The Labute approximate surface area is 189 Å². The van der Waals surface area contributed by atoms with Crippen molar-refractivity contribution < 1.29 is 9.53 Å². The van der Waals surface area contributed by atoms with E-state index < -0.39 is 0 Å². The van der Waals surface area contributed by atoms with Crippen LogP contribution in [0.3, 0.4) is 0 Å². The third-order valence-corrected chi connectivity index (χ3v) is 5.78. The van der Waals surface area contributed by atoms with E-state index in [4.69, 9.17) is 9.72 Å². The quantitative estimate of drug-likeness (QED) is 0.383. The molecule has 3 aromatic carbocycles. The van der Waals surface area contributed by atoms with Crippen molar-refractivity contribution in [1.82, 2.24) is 10.3 Å². The molecule has 4 heteroatoms. The summed E-state index contributed by atoms with van der Waals surface area (Å²) >= 11 is 0. The first kappa shape index (κ1) is 21.6. The average molecular weight is 425 g/mol. The lowest BCUT2D eigenvalue weighted by Gasteiger charge is -2.17. The van der Waals surface area contributed by atoms with Gasteiger partial charge in [-0.2, -0.15) is 0 Å². The Morgan fingerprint density at radius 3 is 2.25 bits per heavy atom.